The molecule has 0 fully saturated rings. The Kier molecular flexibility index (Phi) is 5.59. The van der Waals surface area contributed by atoms with Crippen molar-refractivity contribution in [1.82, 2.24) is 0 Å². The fourth-order valence-corrected chi connectivity index (χ4v) is 0.858. The van der Waals surface area contributed by atoms with Crippen molar-refractivity contribution in [1.29, 1.82) is 0 Å². The molecule has 1 rings (SSSR count). The molecular formula is C9H13NO6S. The van der Waals surface area contributed by atoms with Crippen molar-refractivity contribution in [2.75, 3.05) is 11.9 Å². The molecule has 0 aliphatic heterocycles. The molecule has 1 amide bonds. The fourth-order valence-electron chi connectivity index (χ4n) is 0.858. The minimum absolute atomic E-state index is 0.0271. The number of anilines is 1. The van der Waals surface area contributed by atoms with Gasteiger partial charge in [0.2, 0.25) is 5.91 Å². The molecule has 0 aromatic heterocycles. The average Bonchev–Trinajstić information content (AvgIpc) is 2.15. The number of benzene rings is 1. The predicted octanol–water partition coefficient (Wildman–Crippen LogP) is 0.722. The molecule has 8 heteroatoms. The van der Waals surface area contributed by atoms with E-state index in [0.717, 1.165) is 5.69 Å². The molecule has 0 heterocycles. The van der Waals surface area contributed by atoms with Gasteiger partial charge in [-0.2, -0.15) is 8.42 Å². The van der Waals surface area contributed by atoms with E-state index < -0.39 is 10.4 Å². The van der Waals surface area contributed by atoms with E-state index in [4.69, 9.17) is 22.6 Å². The van der Waals surface area contributed by atoms with Crippen LogP contribution in [0.3, 0.4) is 0 Å². The Morgan fingerprint density at radius 2 is 1.53 bits per heavy atom. The van der Waals surface area contributed by atoms with Crippen LogP contribution in [0.4, 0.5) is 5.69 Å². The van der Waals surface area contributed by atoms with Crippen LogP contribution in [0.1, 0.15) is 6.92 Å². The first kappa shape index (κ1) is 15.4. The highest BCUT2D eigenvalue weighted by Gasteiger charge is 2.03. The maximum Gasteiger partial charge on any atom is 0.394 e. The monoisotopic (exact) mass is 263 g/mol. The van der Waals surface area contributed by atoms with Gasteiger partial charge in [-0.1, -0.05) is 0 Å². The Bertz CT molecular complexity index is 459. The van der Waals surface area contributed by atoms with Crippen LogP contribution in [-0.4, -0.2) is 35.6 Å². The van der Waals surface area contributed by atoms with Gasteiger partial charge >= 0.3 is 10.4 Å². The van der Waals surface area contributed by atoms with E-state index in [1.165, 1.54) is 11.8 Å². The summed E-state index contributed by atoms with van der Waals surface area (Å²) < 4.78 is 31.6. The summed E-state index contributed by atoms with van der Waals surface area (Å²) in [5.41, 5.74) is 0.778. The van der Waals surface area contributed by atoms with E-state index in [9.17, 15) is 4.79 Å². The molecular weight excluding hydrogens is 250 g/mol. The summed E-state index contributed by atoms with van der Waals surface area (Å²) >= 11 is 0. The number of carbonyl (C=O) groups is 1. The van der Waals surface area contributed by atoms with E-state index >= 15 is 0 Å². The van der Waals surface area contributed by atoms with Crippen molar-refractivity contribution in [2.45, 2.75) is 6.92 Å². The van der Waals surface area contributed by atoms with E-state index in [1.54, 1.807) is 31.3 Å². The molecule has 3 N–H and O–H groups in total. The van der Waals surface area contributed by atoms with Crippen LogP contribution in [-0.2, 0) is 15.2 Å². The molecule has 7 nitrogen and oxygen atoms in total. The maximum atomic E-state index is 10.9. The Morgan fingerprint density at radius 1 is 1.18 bits per heavy atom. The Balaban J connectivity index is 0.000000437. The lowest BCUT2D eigenvalue weighted by Crippen LogP contribution is -2.22. The van der Waals surface area contributed by atoms with Gasteiger partial charge in [0.15, 0.2) is 0 Å². The number of hydrogen-bond donors (Lipinski definition) is 3. The third kappa shape index (κ3) is 8.20. The lowest BCUT2D eigenvalue weighted by atomic mass is 10.3. The standard InChI is InChI=1S/C9H11NO2.H2O4S/c1-7(11)10(2)8-3-5-9(12)6-4-8;1-5(2,3)4/h3-6,12H,1-2H3;(H2,1,2,3,4). The van der Waals surface area contributed by atoms with Crippen LogP contribution in [0, 0.1) is 0 Å². The minimum Gasteiger partial charge on any atom is -0.508 e. The second-order valence-corrected chi connectivity index (χ2v) is 3.94. The van der Waals surface area contributed by atoms with Gasteiger partial charge in [0.05, 0.1) is 0 Å². The molecule has 1 aromatic rings. The number of phenolic OH excluding ortho intramolecular Hbond substituents is 1. The molecule has 0 saturated heterocycles. The van der Waals surface area contributed by atoms with Crippen molar-refractivity contribution in [3.05, 3.63) is 24.3 Å². The second-order valence-electron chi connectivity index (χ2n) is 3.04. The lowest BCUT2D eigenvalue weighted by molar-refractivity contribution is -0.116. The van der Waals surface area contributed by atoms with E-state index in [0.29, 0.717) is 0 Å². The number of aromatic hydroxyl groups is 1. The van der Waals surface area contributed by atoms with Crippen LogP contribution in [0.2, 0.25) is 0 Å². The summed E-state index contributed by atoms with van der Waals surface area (Å²) in [6.45, 7) is 1.49. The molecule has 0 aliphatic rings. The van der Waals surface area contributed by atoms with E-state index in [1.807, 2.05) is 0 Å². The normalized spacial score (nSPS) is 10.1. The van der Waals surface area contributed by atoms with Crippen LogP contribution in [0.5, 0.6) is 5.75 Å². The minimum atomic E-state index is -4.67. The third-order valence-electron chi connectivity index (χ3n) is 1.71. The molecule has 0 aliphatic carbocycles. The number of rotatable bonds is 1. The smallest absolute Gasteiger partial charge is 0.394 e. The number of hydrogen-bond acceptors (Lipinski definition) is 4. The summed E-state index contributed by atoms with van der Waals surface area (Å²) in [7, 11) is -2.98. The molecule has 0 saturated carbocycles. The van der Waals surface area contributed by atoms with Gasteiger partial charge in [0.25, 0.3) is 0 Å². The predicted molar refractivity (Wildman–Crippen MR) is 61.4 cm³/mol. The first-order valence-electron chi connectivity index (χ1n) is 4.34. The lowest BCUT2D eigenvalue weighted by Gasteiger charge is -2.14. The topological polar surface area (TPSA) is 115 Å². The van der Waals surface area contributed by atoms with Crippen molar-refractivity contribution in [3.63, 3.8) is 0 Å². The zero-order chi connectivity index (χ0) is 13.6. The summed E-state index contributed by atoms with van der Waals surface area (Å²) in [6, 6.07) is 6.48. The van der Waals surface area contributed by atoms with Crippen LogP contribution >= 0.6 is 0 Å². The molecule has 17 heavy (non-hydrogen) atoms. The summed E-state index contributed by atoms with van der Waals surface area (Å²) in [5.74, 6) is 0.177. The molecule has 0 spiro atoms. The molecule has 0 atom stereocenters. The van der Waals surface area contributed by atoms with Gasteiger partial charge < -0.3 is 10.0 Å². The third-order valence-corrected chi connectivity index (χ3v) is 1.71. The first-order chi connectivity index (χ1) is 7.61. The Labute approximate surface area is 98.9 Å². The molecule has 0 bridgehead atoms. The quantitative estimate of drug-likeness (QED) is 0.643. The summed E-state index contributed by atoms with van der Waals surface area (Å²) in [6.07, 6.45) is 0. The number of carbonyl (C=O) groups excluding carboxylic acids is 1. The summed E-state index contributed by atoms with van der Waals surface area (Å²) in [4.78, 5) is 12.4. The van der Waals surface area contributed by atoms with Crippen LogP contribution in [0.25, 0.3) is 0 Å². The van der Waals surface area contributed by atoms with Gasteiger partial charge in [-0.25, -0.2) is 0 Å². The largest absolute Gasteiger partial charge is 0.508 e. The maximum absolute atomic E-state index is 10.9. The van der Waals surface area contributed by atoms with Crippen molar-refractivity contribution < 1.29 is 27.4 Å². The molecule has 1 aromatic carbocycles. The van der Waals surface area contributed by atoms with E-state index in [-0.39, 0.29) is 11.7 Å². The van der Waals surface area contributed by atoms with Crippen LogP contribution < -0.4 is 4.90 Å². The van der Waals surface area contributed by atoms with E-state index in [2.05, 4.69) is 0 Å². The number of amides is 1. The van der Waals surface area contributed by atoms with Gasteiger partial charge in [-0.3, -0.25) is 13.9 Å². The molecule has 96 valence electrons. The second kappa shape index (κ2) is 6.18. The van der Waals surface area contributed by atoms with Gasteiger partial charge in [-0.05, 0) is 24.3 Å². The highest BCUT2D eigenvalue weighted by molar-refractivity contribution is 7.79. The molecule has 0 radical (unpaired) electrons. The Hall–Kier alpha value is -1.64. The first-order valence-corrected chi connectivity index (χ1v) is 5.74. The zero-order valence-corrected chi connectivity index (χ0v) is 10.0. The van der Waals surface area contributed by atoms with Crippen molar-refractivity contribution >= 4 is 22.0 Å². The zero-order valence-electron chi connectivity index (χ0n) is 9.23. The van der Waals surface area contributed by atoms with Crippen LogP contribution in [0.15, 0.2) is 24.3 Å². The SMILES string of the molecule is CC(=O)N(C)c1ccc(O)cc1.O=S(=O)(O)O. The van der Waals surface area contributed by atoms with Crippen molar-refractivity contribution in [2.24, 2.45) is 0 Å². The van der Waals surface area contributed by atoms with Gasteiger partial charge in [-0.15, -0.1) is 0 Å². The highest BCUT2D eigenvalue weighted by atomic mass is 32.3. The number of nitrogens with zero attached hydrogens (tertiary/aromatic N) is 1. The van der Waals surface area contributed by atoms with Gasteiger partial charge in [0, 0.05) is 19.7 Å². The molecule has 0 unspecified atom stereocenters. The van der Waals surface area contributed by atoms with Crippen molar-refractivity contribution in [3.8, 4) is 5.75 Å². The number of phenols is 1. The fraction of sp³-hybridized carbons (Fsp3) is 0.222. The Morgan fingerprint density at radius 3 is 1.82 bits per heavy atom. The van der Waals surface area contributed by atoms with Gasteiger partial charge in [0.1, 0.15) is 5.75 Å². The summed E-state index contributed by atoms with van der Waals surface area (Å²) in [5, 5.41) is 8.97. The average molecular weight is 263 g/mol. The highest BCUT2D eigenvalue weighted by Crippen LogP contribution is 2.16.